The third-order valence-corrected chi connectivity index (χ3v) is 12.2. The topological polar surface area (TPSA) is 26.3 Å². The van der Waals surface area contributed by atoms with Crippen molar-refractivity contribution in [1.29, 1.82) is 0 Å². The number of hydrogen-bond acceptors (Lipinski definition) is 2. The zero-order chi connectivity index (χ0) is 25.1. The van der Waals surface area contributed by atoms with Crippen molar-refractivity contribution in [3.05, 3.63) is 11.1 Å². The van der Waals surface area contributed by atoms with Crippen molar-refractivity contribution >= 4 is 5.97 Å². The van der Waals surface area contributed by atoms with Gasteiger partial charge in [-0.15, -0.1) is 0 Å². The summed E-state index contributed by atoms with van der Waals surface area (Å²) in [6.45, 7) is 21.6. The number of carbonyl (C=O) groups excluding carboxylic acids is 1. The van der Waals surface area contributed by atoms with Crippen LogP contribution in [0.25, 0.3) is 0 Å². The predicted octanol–water partition coefficient (Wildman–Crippen LogP) is 9.13. The quantitative estimate of drug-likeness (QED) is 0.286. The van der Waals surface area contributed by atoms with Gasteiger partial charge in [-0.25, -0.2) is 0 Å². The van der Waals surface area contributed by atoms with Gasteiger partial charge in [-0.2, -0.15) is 0 Å². The van der Waals surface area contributed by atoms with Gasteiger partial charge in [-0.3, -0.25) is 4.79 Å². The first-order valence-corrected chi connectivity index (χ1v) is 14.7. The minimum absolute atomic E-state index is 0.0436. The first-order chi connectivity index (χ1) is 15.8. The molecule has 2 saturated carbocycles. The fourth-order valence-electron chi connectivity index (χ4n) is 10.1. The minimum Gasteiger partial charge on any atom is -0.462 e. The van der Waals surface area contributed by atoms with Crippen LogP contribution in [0.1, 0.15) is 133 Å². The molecule has 0 amide bonds. The smallest absolute Gasteiger partial charge is 0.302 e. The summed E-state index contributed by atoms with van der Waals surface area (Å²) >= 11 is 0. The van der Waals surface area contributed by atoms with E-state index in [1.54, 1.807) is 6.92 Å². The van der Waals surface area contributed by atoms with Crippen LogP contribution >= 0.6 is 0 Å². The van der Waals surface area contributed by atoms with Crippen molar-refractivity contribution in [3.8, 4) is 0 Å². The summed E-state index contributed by atoms with van der Waals surface area (Å²) in [7, 11) is 0. The summed E-state index contributed by atoms with van der Waals surface area (Å²) in [5, 5.41) is 0. The molecule has 0 aromatic rings. The molecule has 0 radical (unpaired) electrons. The number of esters is 1. The second-order valence-electron chi connectivity index (χ2n) is 14.6. The molecule has 0 unspecified atom stereocenters. The summed E-state index contributed by atoms with van der Waals surface area (Å²) in [5.41, 5.74) is 4.87. The maximum Gasteiger partial charge on any atom is 0.302 e. The molecule has 7 atom stereocenters. The molecule has 0 N–H and O–H groups in total. The van der Waals surface area contributed by atoms with Gasteiger partial charge in [-0.05, 0) is 91.3 Å². The van der Waals surface area contributed by atoms with Crippen LogP contribution < -0.4 is 0 Å². The Morgan fingerprint density at radius 1 is 0.912 bits per heavy atom. The Hall–Kier alpha value is -0.790. The number of carbonyl (C=O) groups is 1. The molecule has 2 heteroatoms. The van der Waals surface area contributed by atoms with E-state index in [4.69, 9.17) is 4.74 Å². The Balaban J connectivity index is 1.61. The average molecular weight is 471 g/mol. The van der Waals surface area contributed by atoms with Crippen LogP contribution in [0, 0.1) is 45.3 Å². The molecule has 194 valence electrons. The van der Waals surface area contributed by atoms with E-state index in [-0.39, 0.29) is 22.9 Å². The van der Waals surface area contributed by atoms with Gasteiger partial charge in [0.1, 0.15) is 6.10 Å². The van der Waals surface area contributed by atoms with E-state index < -0.39 is 0 Å². The van der Waals surface area contributed by atoms with Gasteiger partial charge >= 0.3 is 5.97 Å². The lowest BCUT2D eigenvalue weighted by molar-refractivity contribution is -0.167. The van der Waals surface area contributed by atoms with Gasteiger partial charge < -0.3 is 4.74 Å². The molecule has 2 fully saturated rings. The van der Waals surface area contributed by atoms with Crippen molar-refractivity contribution < 1.29 is 9.53 Å². The van der Waals surface area contributed by atoms with Crippen LogP contribution in [-0.2, 0) is 9.53 Å². The third kappa shape index (κ3) is 3.92. The number of allylic oxidation sites excluding steroid dienone is 2. The maximum atomic E-state index is 11.8. The molecular formula is C32H54O2. The number of fused-ring (bicyclic) bond motifs is 4. The zero-order valence-electron chi connectivity index (χ0n) is 24.0. The summed E-state index contributed by atoms with van der Waals surface area (Å²) in [6, 6.07) is 0. The number of hydrogen-bond donors (Lipinski definition) is 0. The highest BCUT2D eigenvalue weighted by Gasteiger charge is 2.63. The molecule has 4 aliphatic carbocycles. The average Bonchev–Trinajstić information content (AvgIpc) is 3.01. The Bertz CT molecular complexity index is 821. The first-order valence-electron chi connectivity index (χ1n) is 14.7. The predicted molar refractivity (Wildman–Crippen MR) is 142 cm³/mol. The Morgan fingerprint density at radius 2 is 1.62 bits per heavy atom. The van der Waals surface area contributed by atoms with Crippen molar-refractivity contribution in [2.45, 2.75) is 139 Å². The van der Waals surface area contributed by atoms with E-state index in [0.29, 0.717) is 16.7 Å². The molecule has 0 saturated heterocycles. The van der Waals surface area contributed by atoms with E-state index in [1.165, 1.54) is 64.2 Å². The lowest BCUT2D eigenvalue weighted by Gasteiger charge is -2.62. The molecule has 4 rings (SSSR count). The number of rotatable bonds is 6. The molecule has 0 aromatic carbocycles. The fourth-order valence-corrected chi connectivity index (χ4v) is 10.1. The van der Waals surface area contributed by atoms with Gasteiger partial charge in [0.2, 0.25) is 0 Å². The maximum absolute atomic E-state index is 11.8. The highest BCUT2D eigenvalue weighted by atomic mass is 16.5. The highest BCUT2D eigenvalue weighted by Crippen LogP contribution is 2.72. The van der Waals surface area contributed by atoms with E-state index in [2.05, 4.69) is 55.4 Å². The first kappa shape index (κ1) is 26.3. The van der Waals surface area contributed by atoms with Gasteiger partial charge in [0.15, 0.2) is 0 Å². The summed E-state index contributed by atoms with van der Waals surface area (Å²) in [5.74, 6) is 3.04. The fraction of sp³-hybridized carbons (Fsp3) is 0.906. The summed E-state index contributed by atoms with van der Waals surface area (Å²) in [6.07, 6.45) is 14.5. The largest absolute Gasteiger partial charge is 0.462 e. The lowest BCUT2D eigenvalue weighted by atomic mass is 9.43. The van der Waals surface area contributed by atoms with Crippen LogP contribution in [0.2, 0.25) is 0 Å². The monoisotopic (exact) mass is 470 g/mol. The van der Waals surface area contributed by atoms with Gasteiger partial charge in [0, 0.05) is 12.3 Å². The lowest BCUT2D eigenvalue weighted by Crippen LogP contribution is -2.55. The van der Waals surface area contributed by atoms with Crippen molar-refractivity contribution in [3.63, 3.8) is 0 Å². The summed E-state index contributed by atoms with van der Waals surface area (Å²) in [4.78, 5) is 11.8. The SMILES string of the molecule is CC(=O)O[C@@H]1CC[C@]2(C)C3=C(CC[C@@H]2C1(C)C)[C@]1(C)CC[C@H]([C@H](C)CCCC(C)C)[C@@]1(C)CC3. The van der Waals surface area contributed by atoms with Gasteiger partial charge in [0.25, 0.3) is 0 Å². The molecule has 0 spiro atoms. The van der Waals surface area contributed by atoms with Crippen LogP contribution in [0.3, 0.4) is 0 Å². The van der Waals surface area contributed by atoms with E-state index >= 15 is 0 Å². The second-order valence-corrected chi connectivity index (χ2v) is 14.6. The van der Waals surface area contributed by atoms with Crippen molar-refractivity contribution in [2.24, 2.45) is 45.3 Å². The number of ether oxygens (including phenoxy) is 1. The van der Waals surface area contributed by atoms with E-state index in [9.17, 15) is 4.79 Å². The normalized spacial score (nSPS) is 42.1. The van der Waals surface area contributed by atoms with E-state index in [1.807, 2.05) is 11.1 Å². The van der Waals surface area contributed by atoms with Gasteiger partial charge in [0.05, 0.1) is 0 Å². The van der Waals surface area contributed by atoms with Crippen molar-refractivity contribution in [1.82, 2.24) is 0 Å². The standard InChI is InChI=1S/C32H54O2/c1-21(2)11-10-12-22(3)24-15-19-32(9)26-13-14-27-29(5,6)28(34-23(4)33)17-18-30(27,7)25(26)16-20-31(24,32)8/h21-22,24,27-28H,10-20H2,1-9H3/t22-,24-,27-,28-,30-,31-,32+/m1/s1. The Labute approximate surface area is 211 Å². The van der Waals surface area contributed by atoms with Crippen LogP contribution in [0.15, 0.2) is 11.1 Å². The molecule has 0 bridgehead atoms. The highest BCUT2D eigenvalue weighted by molar-refractivity contribution is 5.66. The minimum atomic E-state index is -0.113. The molecular weight excluding hydrogens is 416 g/mol. The Kier molecular flexibility index (Phi) is 6.92. The molecule has 2 nitrogen and oxygen atoms in total. The zero-order valence-corrected chi connectivity index (χ0v) is 24.0. The summed E-state index contributed by atoms with van der Waals surface area (Å²) < 4.78 is 5.87. The van der Waals surface area contributed by atoms with Crippen molar-refractivity contribution in [2.75, 3.05) is 0 Å². The van der Waals surface area contributed by atoms with Crippen LogP contribution in [-0.4, -0.2) is 12.1 Å². The van der Waals surface area contributed by atoms with E-state index in [0.717, 1.165) is 24.2 Å². The van der Waals surface area contributed by atoms with Gasteiger partial charge in [-0.1, -0.05) is 85.8 Å². The molecule has 0 aromatic heterocycles. The van der Waals surface area contributed by atoms with Crippen LogP contribution in [0.5, 0.6) is 0 Å². The Morgan fingerprint density at radius 3 is 2.26 bits per heavy atom. The molecule has 4 aliphatic rings. The second kappa shape index (κ2) is 8.95. The molecule has 34 heavy (non-hydrogen) atoms. The molecule has 0 aliphatic heterocycles. The molecule has 0 heterocycles. The third-order valence-electron chi connectivity index (χ3n) is 12.2. The van der Waals surface area contributed by atoms with Crippen LogP contribution in [0.4, 0.5) is 0 Å².